The summed E-state index contributed by atoms with van der Waals surface area (Å²) in [5, 5.41) is 0.894. The fourth-order valence-electron chi connectivity index (χ4n) is 4.08. The Morgan fingerprint density at radius 3 is 2.92 bits per heavy atom. The van der Waals surface area contributed by atoms with Gasteiger partial charge in [-0.25, -0.2) is 4.79 Å². The Morgan fingerprint density at radius 1 is 1.24 bits per heavy atom. The van der Waals surface area contributed by atoms with Crippen molar-refractivity contribution in [3.05, 3.63) is 40.2 Å². The van der Waals surface area contributed by atoms with Gasteiger partial charge in [0.05, 0.1) is 6.17 Å². The zero-order chi connectivity index (χ0) is 17.4. The van der Waals surface area contributed by atoms with Crippen molar-refractivity contribution in [1.29, 1.82) is 0 Å². The first kappa shape index (κ1) is 16.3. The van der Waals surface area contributed by atoms with E-state index in [9.17, 15) is 9.59 Å². The van der Waals surface area contributed by atoms with Crippen molar-refractivity contribution >= 4 is 16.9 Å². The molecule has 2 fully saturated rings. The number of hydrogen-bond donors (Lipinski definition) is 0. The highest BCUT2D eigenvalue weighted by atomic mass is 16.5. The smallest absolute Gasteiger partial charge is 0.336 e. The van der Waals surface area contributed by atoms with Crippen LogP contribution in [0.5, 0.6) is 5.75 Å². The summed E-state index contributed by atoms with van der Waals surface area (Å²) in [4.78, 5) is 28.1. The van der Waals surface area contributed by atoms with Crippen LogP contribution in [0.2, 0.25) is 0 Å². The normalized spacial score (nSPS) is 21.4. The first-order valence-electron chi connectivity index (χ1n) is 8.83. The van der Waals surface area contributed by atoms with Crippen molar-refractivity contribution in [2.24, 2.45) is 0 Å². The second-order valence-corrected chi connectivity index (χ2v) is 6.83. The summed E-state index contributed by atoms with van der Waals surface area (Å²) in [5.74, 6) is -0.00673. The monoisotopic (exact) mass is 342 g/mol. The first-order chi connectivity index (χ1) is 12.1. The fourth-order valence-corrected chi connectivity index (χ4v) is 4.08. The Kier molecular flexibility index (Phi) is 4.31. The van der Waals surface area contributed by atoms with E-state index in [1.165, 1.54) is 32.9 Å². The van der Waals surface area contributed by atoms with Crippen LogP contribution in [0.3, 0.4) is 0 Å². The molecule has 2 aromatic rings. The zero-order valence-corrected chi connectivity index (χ0v) is 14.4. The van der Waals surface area contributed by atoms with Crippen LogP contribution in [0, 0.1) is 0 Å². The Balaban J connectivity index is 1.66. The minimum atomic E-state index is -0.396. The van der Waals surface area contributed by atoms with Gasteiger partial charge in [0.25, 0.3) is 0 Å². The summed E-state index contributed by atoms with van der Waals surface area (Å²) in [7, 11) is 0. The van der Waals surface area contributed by atoms with Crippen LogP contribution < -0.4 is 10.4 Å². The van der Waals surface area contributed by atoms with Gasteiger partial charge in [0.15, 0.2) is 0 Å². The van der Waals surface area contributed by atoms with Crippen LogP contribution in [0.25, 0.3) is 11.0 Å². The van der Waals surface area contributed by atoms with Crippen LogP contribution in [-0.2, 0) is 11.3 Å². The lowest BCUT2D eigenvalue weighted by molar-refractivity contribution is -0.131. The van der Waals surface area contributed by atoms with Gasteiger partial charge in [0, 0.05) is 44.1 Å². The van der Waals surface area contributed by atoms with E-state index in [1.807, 2.05) is 6.07 Å². The van der Waals surface area contributed by atoms with E-state index in [2.05, 4.69) is 9.80 Å². The molecule has 2 saturated heterocycles. The maximum Gasteiger partial charge on any atom is 0.336 e. The fraction of sp³-hybridized carbons (Fsp3) is 0.474. The molecular formula is C19H22N2O4. The highest BCUT2D eigenvalue weighted by molar-refractivity contribution is 5.82. The van der Waals surface area contributed by atoms with Gasteiger partial charge in [-0.1, -0.05) is 0 Å². The molecule has 2 aliphatic heterocycles. The second kappa shape index (κ2) is 6.61. The molecule has 1 aromatic carbocycles. The summed E-state index contributed by atoms with van der Waals surface area (Å²) in [6, 6.07) is 6.80. The van der Waals surface area contributed by atoms with Crippen molar-refractivity contribution in [3.8, 4) is 5.75 Å². The molecule has 0 N–H and O–H groups in total. The topological polar surface area (TPSA) is 63.0 Å². The molecule has 0 radical (unpaired) electrons. The molecule has 1 unspecified atom stereocenters. The van der Waals surface area contributed by atoms with E-state index < -0.39 is 5.97 Å². The van der Waals surface area contributed by atoms with Crippen molar-refractivity contribution < 1.29 is 13.9 Å². The molecule has 0 bridgehead atoms. The minimum Gasteiger partial charge on any atom is -0.427 e. The molecule has 0 amide bonds. The number of ether oxygens (including phenoxy) is 1. The standard InChI is InChI=1S/C19H22N2O4/c1-13(22)24-15-5-6-16-14(10-19(23)25-17(16)11-15)12-21-9-3-8-20-7-2-4-18(20)21/h5-6,10-11,18H,2-4,7-9,12H2,1H3. The van der Waals surface area contributed by atoms with Crippen LogP contribution in [0.1, 0.15) is 31.7 Å². The predicted octanol–water partition coefficient (Wildman–Crippen LogP) is 2.35. The SMILES string of the molecule is CC(=O)Oc1ccc2c(CN3CCCN4CCCC43)cc(=O)oc2c1. The first-order valence-corrected chi connectivity index (χ1v) is 8.83. The Labute approximate surface area is 146 Å². The lowest BCUT2D eigenvalue weighted by Crippen LogP contribution is -2.49. The summed E-state index contributed by atoms with van der Waals surface area (Å²) in [5.41, 5.74) is 1.05. The van der Waals surface area contributed by atoms with Crippen molar-refractivity contribution in [1.82, 2.24) is 9.80 Å². The highest BCUT2D eigenvalue weighted by Gasteiger charge is 2.32. The molecule has 3 heterocycles. The summed E-state index contributed by atoms with van der Waals surface area (Å²) in [6.07, 6.45) is 4.07. The number of carbonyl (C=O) groups excluding carboxylic acids is 1. The molecule has 132 valence electrons. The third-order valence-electron chi connectivity index (χ3n) is 5.08. The van der Waals surface area contributed by atoms with E-state index in [0.717, 1.165) is 30.5 Å². The van der Waals surface area contributed by atoms with Crippen molar-refractivity contribution in [3.63, 3.8) is 0 Å². The lowest BCUT2D eigenvalue weighted by Gasteiger charge is -2.40. The number of carbonyl (C=O) groups is 1. The van der Waals surface area contributed by atoms with Gasteiger partial charge in [0.2, 0.25) is 0 Å². The van der Waals surface area contributed by atoms with Gasteiger partial charge in [-0.3, -0.25) is 14.6 Å². The Bertz CT molecular complexity index is 860. The molecular weight excluding hydrogens is 320 g/mol. The van der Waals surface area contributed by atoms with Crippen LogP contribution >= 0.6 is 0 Å². The molecule has 1 atom stereocenters. The molecule has 4 rings (SSSR count). The minimum absolute atomic E-state index is 0.372. The zero-order valence-electron chi connectivity index (χ0n) is 14.4. The molecule has 2 aliphatic rings. The summed E-state index contributed by atoms with van der Waals surface area (Å²) in [6.45, 7) is 5.47. The quantitative estimate of drug-likeness (QED) is 0.485. The average molecular weight is 342 g/mol. The van der Waals surface area contributed by atoms with Gasteiger partial charge in [-0.2, -0.15) is 0 Å². The maximum absolute atomic E-state index is 12.0. The summed E-state index contributed by atoms with van der Waals surface area (Å²) >= 11 is 0. The number of hydrogen-bond acceptors (Lipinski definition) is 6. The third-order valence-corrected chi connectivity index (χ3v) is 5.08. The molecule has 0 spiro atoms. The summed E-state index contributed by atoms with van der Waals surface area (Å²) < 4.78 is 10.4. The van der Waals surface area contributed by atoms with Crippen LogP contribution in [0.15, 0.2) is 33.5 Å². The van der Waals surface area contributed by atoms with Gasteiger partial charge in [0.1, 0.15) is 11.3 Å². The lowest BCUT2D eigenvalue weighted by atomic mass is 10.1. The number of esters is 1. The highest BCUT2D eigenvalue weighted by Crippen LogP contribution is 2.29. The van der Waals surface area contributed by atoms with E-state index in [4.69, 9.17) is 9.15 Å². The van der Waals surface area contributed by atoms with E-state index in [0.29, 0.717) is 17.5 Å². The third kappa shape index (κ3) is 3.32. The molecule has 1 aromatic heterocycles. The van der Waals surface area contributed by atoms with Gasteiger partial charge in [-0.15, -0.1) is 0 Å². The molecule has 25 heavy (non-hydrogen) atoms. The van der Waals surface area contributed by atoms with Gasteiger partial charge >= 0.3 is 11.6 Å². The van der Waals surface area contributed by atoms with E-state index >= 15 is 0 Å². The number of nitrogens with zero attached hydrogens (tertiary/aromatic N) is 2. The maximum atomic E-state index is 12.0. The van der Waals surface area contributed by atoms with E-state index in [1.54, 1.807) is 18.2 Å². The molecule has 0 saturated carbocycles. The Morgan fingerprint density at radius 2 is 2.08 bits per heavy atom. The number of benzene rings is 1. The van der Waals surface area contributed by atoms with E-state index in [-0.39, 0.29) is 5.63 Å². The van der Waals surface area contributed by atoms with Crippen LogP contribution in [-0.4, -0.2) is 41.6 Å². The van der Waals surface area contributed by atoms with Crippen molar-refractivity contribution in [2.45, 2.75) is 38.9 Å². The molecule has 0 aliphatic carbocycles. The molecule has 6 heteroatoms. The number of rotatable bonds is 3. The van der Waals surface area contributed by atoms with Crippen LogP contribution in [0.4, 0.5) is 0 Å². The molecule has 6 nitrogen and oxygen atoms in total. The average Bonchev–Trinajstić information content (AvgIpc) is 3.03. The Hall–Kier alpha value is -2.18. The predicted molar refractivity (Wildman–Crippen MR) is 93.4 cm³/mol. The van der Waals surface area contributed by atoms with Crippen molar-refractivity contribution in [2.75, 3.05) is 19.6 Å². The van der Waals surface area contributed by atoms with Gasteiger partial charge in [-0.05, 0) is 43.5 Å². The second-order valence-electron chi connectivity index (χ2n) is 6.83. The largest absolute Gasteiger partial charge is 0.427 e. The van der Waals surface area contributed by atoms with Gasteiger partial charge < -0.3 is 9.15 Å². The number of fused-ring (bicyclic) bond motifs is 2.